The van der Waals surface area contributed by atoms with Crippen LogP contribution in [-0.2, 0) is 21.4 Å². The number of methoxy groups -OCH3 is 1. The van der Waals surface area contributed by atoms with E-state index in [0.29, 0.717) is 12.3 Å². The molecule has 0 saturated carbocycles. The van der Waals surface area contributed by atoms with Crippen LogP contribution in [-0.4, -0.2) is 45.6 Å². The lowest BCUT2D eigenvalue weighted by molar-refractivity contribution is -0.121. The minimum atomic E-state index is -3.35. The molecule has 106 valence electrons. The molecule has 1 aromatic rings. The Labute approximate surface area is 113 Å². The van der Waals surface area contributed by atoms with Crippen molar-refractivity contribution in [3.8, 4) is 5.75 Å². The highest BCUT2D eigenvalue weighted by atomic mass is 32.2. The maximum Gasteiger partial charge on any atom is 0.235 e. The van der Waals surface area contributed by atoms with Crippen LogP contribution >= 0.6 is 0 Å². The van der Waals surface area contributed by atoms with Gasteiger partial charge in [0.05, 0.1) is 19.9 Å². The Morgan fingerprint density at radius 2 is 2.00 bits per heavy atom. The number of nitrogens with zero attached hydrogens (tertiary/aromatic N) is 1. The Morgan fingerprint density at radius 3 is 2.58 bits per heavy atom. The van der Waals surface area contributed by atoms with Crippen LogP contribution in [0.15, 0.2) is 24.3 Å². The largest absolute Gasteiger partial charge is 0.496 e. The van der Waals surface area contributed by atoms with Crippen molar-refractivity contribution in [2.24, 2.45) is 0 Å². The molecule has 0 bridgehead atoms. The maximum absolute atomic E-state index is 11.6. The Morgan fingerprint density at radius 1 is 1.37 bits per heavy atom. The van der Waals surface area contributed by atoms with Gasteiger partial charge in [-0.3, -0.25) is 4.79 Å². The molecule has 0 saturated heterocycles. The summed E-state index contributed by atoms with van der Waals surface area (Å²) in [6, 6.07) is 7.30. The fourth-order valence-electron chi connectivity index (χ4n) is 1.42. The first-order valence-corrected chi connectivity index (χ1v) is 7.49. The number of carbonyl (C=O) groups excluding carboxylic acids is 1. The smallest absolute Gasteiger partial charge is 0.235 e. The van der Waals surface area contributed by atoms with Gasteiger partial charge in [-0.2, -0.15) is 4.31 Å². The molecule has 0 radical (unpaired) electrons. The highest BCUT2D eigenvalue weighted by Gasteiger charge is 2.15. The number of benzene rings is 1. The van der Waals surface area contributed by atoms with Crippen molar-refractivity contribution in [1.82, 2.24) is 9.62 Å². The lowest BCUT2D eigenvalue weighted by Crippen LogP contribution is -2.37. The first kappa shape index (κ1) is 15.5. The van der Waals surface area contributed by atoms with E-state index in [1.54, 1.807) is 13.2 Å². The van der Waals surface area contributed by atoms with Crippen LogP contribution in [0, 0.1) is 0 Å². The Kier molecular flexibility index (Phi) is 5.31. The summed E-state index contributed by atoms with van der Waals surface area (Å²) in [7, 11) is -0.433. The van der Waals surface area contributed by atoms with Crippen molar-refractivity contribution < 1.29 is 17.9 Å². The van der Waals surface area contributed by atoms with Gasteiger partial charge in [-0.25, -0.2) is 8.42 Å². The second kappa shape index (κ2) is 6.53. The van der Waals surface area contributed by atoms with Gasteiger partial charge in [-0.05, 0) is 6.07 Å². The quantitative estimate of drug-likeness (QED) is 0.810. The molecule has 1 N–H and O–H groups in total. The van der Waals surface area contributed by atoms with E-state index in [1.807, 2.05) is 18.2 Å². The molecular formula is C12H18N2O4S. The van der Waals surface area contributed by atoms with E-state index in [0.717, 1.165) is 16.1 Å². The number of para-hydroxylation sites is 1. The van der Waals surface area contributed by atoms with Crippen molar-refractivity contribution >= 4 is 15.9 Å². The maximum atomic E-state index is 11.6. The standard InChI is InChI=1S/C12H18N2O4S/c1-14(19(3,16)17)9-12(15)13-8-10-6-4-5-7-11(10)18-2/h4-7H,8-9H2,1-3H3,(H,13,15). The molecule has 19 heavy (non-hydrogen) atoms. The van der Waals surface area contributed by atoms with Gasteiger partial charge in [0.15, 0.2) is 0 Å². The van der Waals surface area contributed by atoms with Crippen LogP contribution in [0.25, 0.3) is 0 Å². The molecular weight excluding hydrogens is 268 g/mol. The fraction of sp³-hybridized carbons (Fsp3) is 0.417. The summed E-state index contributed by atoms with van der Waals surface area (Å²) < 4.78 is 28.5. The summed E-state index contributed by atoms with van der Waals surface area (Å²) in [4.78, 5) is 11.6. The molecule has 6 nitrogen and oxygen atoms in total. The summed E-state index contributed by atoms with van der Waals surface area (Å²) in [6.07, 6.45) is 1.06. The first-order chi connectivity index (χ1) is 8.84. The average molecular weight is 286 g/mol. The topological polar surface area (TPSA) is 75.7 Å². The number of hydrogen-bond acceptors (Lipinski definition) is 4. The molecule has 0 atom stereocenters. The van der Waals surface area contributed by atoms with Crippen molar-refractivity contribution in [3.05, 3.63) is 29.8 Å². The summed E-state index contributed by atoms with van der Waals surface area (Å²) in [5.74, 6) is 0.318. The second-order valence-electron chi connectivity index (χ2n) is 4.11. The van der Waals surface area contributed by atoms with E-state index >= 15 is 0 Å². The molecule has 0 aliphatic heterocycles. The van der Waals surface area contributed by atoms with Crippen LogP contribution in [0.5, 0.6) is 5.75 Å². The molecule has 7 heteroatoms. The summed E-state index contributed by atoms with van der Waals surface area (Å²) in [5.41, 5.74) is 0.834. The number of ether oxygens (including phenoxy) is 1. The second-order valence-corrected chi connectivity index (χ2v) is 6.20. The van der Waals surface area contributed by atoms with Crippen LogP contribution in [0.1, 0.15) is 5.56 Å². The van der Waals surface area contributed by atoms with Gasteiger partial charge in [0.1, 0.15) is 5.75 Å². The van der Waals surface area contributed by atoms with E-state index in [-0.39, 0.29) is 12.5 Å². The highest BCUT2D eigenvalue weighted by Crippen LogP contribution is 2.16. The van der Waals surface area contributed by atoms with E-state index in [1.165, 1.54) is 7.05 Å². The van der Waals surface area contributed by atoms with E-state index in [4.69, 9.17) is 4.74 Å². The number of nitrogens with one attached hydrogen (secondary N) is 1. The monoisotopic (exact) mass is 286 g/mol. The molecule has 0 fully saturated rings. The number of sulfonamides is 1. The van der Waals surface area contributed by atoms with Crippen molar-refractivity contribution in [2.45, 2.75) is 6.54 Å². The number of amides is 1. The SMILES string of the molecule is COc1ccccc1CNC(=O)CN(C)S(C)(=O)=O. The third-order valence-electron chi connectivity index (χ3n) is 2.60. The van der Waals surface area contributed by atoms with Crippen molar-refractivity contribution in [2.75, 3.05) is 27.0 Å². The summed E-state index contributed by atoms with van der Waals surface area (Å²) in [5, 5.41) is 2.65. The summed E-state index contributed by atoms with van der Waals surface area (Å²) in [6.45, 7) is 0.0917. The zero-order valence-corrected chi connectivity index (χ0v) is 12.0. The lowest BCUT2D eigenvalue weighted by atomic mass is 10.2. The molecule has 0 aliphatic carbocycles. The van der Waals surface area contributed by atoms with Crippen molar-refractivity contribution in [3.63, 3.8) is 0 Å². The van der Waals surface area contributed by atoms with E-state index in [9.17, 15) is 13.2 Å². The van der Waals surface area contributed by atoms with Gasteiger partial charge in [0.2, 0.25) is 15.9 Å². The highest BCUT2D eigenvalue weighted by molar-refractivity contribution is 7.88. The fourth-order valence-corrected chi connectivity index (χ4v) is 1.77. The number of likely N-dealkylation sites (N-methyl/N-ethyl adjacent to an activating group) is 1. The average Bonchev–Trinajstić information content (AvgIpc) is 2.35. The van der Waals surface area contributed by atoms with Crippen LogP contribution in [0.3, 0.4) is 0 Å². The molecule has 1 rings (SSSR count). The van der Waals surface area contributed by atoms with Crippen LogP contribution < -0.4 is 10.1 Å². The zero-order valence-electron chi connectivity index (χ0n) is 11.2. The Bertz CT molecular complexity index is 542. The van der Waals surface area contributed by atoms with E-state index in [2.05, 4.69) is 5.32 Å². The minimum Gasteiger partial charge on any atom is -0.496 e. The van der Waals surface area contributed by atoms with Gasteiger partial charge in [-0.1, -0.05) is 18.2 Å². The first-order valence-electron chi connectivity index (χ1n) is 5.64. The van der Waals surface area contributed by atoms with Crippen LogP contribution in [0.2, 0.25) is 0 Å². The van der Waals surface area contributed by atoms with Crippen LogP contribution in [0.4, 0.5) is 0 Å². The molecule has 0 aliphatic rings. The van der Waals surface area contributed by atoms with Crippen molar-refractivity contribution in [1.29, 1.82) is 0 Å². The zero-order chi connectivity index (χ0) is 14.5. The molecule has 0 unspecified atom stereocenters. The Hall–Kier alpha value is -1.60. The third-order valence-corrected chi connectivity index (χ3v) is 3.86. The number of rotatable bonds is 6. The molecule has 0 heterocycles. The van der Waals surface area contributed by atoms with Gasteiger partial charge < -0.3 is 10.1 Å². The predicted molar refractivity (Wildman–Crippen MR) is 72.3 cm³/mol. The Balaban J connectivity index is 2.55. The van der Waals surface area contributed by atoms with Gasteiger partial charge >= 0.3 is 0 Å². The van der Waals surface area contributed by atoms with Gasteiger partial charge in [-0.15, -0.1) is 0 Å². The minimum absolute atomic E-state index is 0.200. The molecule has 1 aromatic carbocycles. The predicted octanol–water partition coefficient (Wildman–Crippen LogP) is 0.203. The number of carbonyl (C=O) groups is 1. The summed E-state index contributed by atoms with van der Waals surface area (Å²) >= 11 is 0. The normalized spacial score (nSPS) is 11.4. The van der Waals surface area contributed by atoms with Gasteiger partial charge in [0, 0.05) is 19.2 Å². The van der Waals surface area contributed by atoms with E-state index < -0.39 is 10.0 Å². The number of hydrogen-bond donors (Lipinski definition) is 1. The molecule has 0 spiro atoms. The molecule has 1 amide bonds. The third kappa shape index (κ3) is 4.88. The lowest BCUT2D eigenvalue weighted by Gasteiger charge is -2.14. The molecule has 0 aromatic heterocycles. The van der Waals surface area contributed by atoms with Gasteiger partial charge in [0.25, 0.3) is 0 Å².